The first-order valence-corrected chi connectivity index (χ1v) is 28.9. The maximum atomic E-state index is 12.9. The van der Waals surface area contributed by atoms with Crippen LogP contribution in [0.25, 0.3) is 0 Å². The number of phosphoric ester groups is 1. The quantitative estimate of drug-likeness (QED) is 0.0243. The fourth-order valence-electron chi connectivity index (χ4n) is 8.08. The Morgan fingerprint density at radius 1 is 0.531 bits per heavy atom. The molecule has 378 valence electrons. The van der Waals surface area contributed by atoms with Gasteiger partial charge in [-0.05, 0) is 38.5 Å². The van der Waals surface area contributed by atoms with E-state index in [-0.39, 0.29) is 19.1 Å². The van der Waals surface area contributed by atoms with Crippen molar-refractivity contribution in [1.82, 2.24) is 5.32 Å². The molecule has 9 heteroatoms. The average molecular weight is 924 g/mol. The molecule has 0 aliphatic rings. The highest BCUT2D eigenvalue weighted by molar-refractivity contribution is 7.47. The minimum absolute atomic E-state index is 0.0544. The summed E-state index contributed by atoms with van der Waals surface area (Å²) in [4.78, 5) is 23.1. The monoisotopic (exact) mass is 924 g/mol. The third-order valence-corrected chi connectivity index (χ3v) is 13.3. The molecule has 0 saturated heterocycles. The number of carbonyl (C=O) groups is 1. The molecule has 0 aliphatic carbocycles. The molecule has 3 N–H and O–H groups in total. The average Bonchev–Trinajstić information content (AvgIpc) is 3.25. The van der Waals surface area contributed by atoms with E-state index in [0.717, 1.165) is 51.4 Å². The molecule has 0 rings (SSSR count). The number of hydrogen-bond donors (Lipinski definition) is 3. The Balaban J connectivity index is 3.94. The highest BCUT2D eigenvalue weighted by atomic mass is 31.2. The van der Waals surface area contributed by atoms with Crippen LogP contribution in [-0.2, 0) is 18.4 Å². The Morgan fingerprint density at radius 2 is 0.875 bits per heavy atom. The fourth-order valence-corrected chi connectivity index (χ4v) is 8.82. The van der Waals surface area contributed by atoms with E-state index in [1.807, 2.05) is 27.2 Å². The van der Waals surface area contributed by atoms with Gasteiger partial charge >= 0.3 is 7.82 Å². The number of quaternary nitrogens is 1. The first kappa shape index (κ1) is 62.7. The molecule has 1 amide bonds. The summed E-state index contributed by atoms with van der Waals surface area (Å²) >= 11 is 0. The van der Waals surface area contributed by atoms with E-state index in [1.54, 1.807) is 6.08 Å². The molecular weight excluding hydrogens is 816 g/mol. The smallest absolute Gasteiger partial charge is 0.387 e. The van der Waals surface area contributed by atoms with Gasteiger partial charge in [0.1, 0.15) is 13.2 Å². The molecule has 0 saturated carbocycles. The fraction of sp³-hybridized carbons (Fsp3) is 0.873. The van der Waals surface area contributed by atoms with Gasteiger partial charge in [0.05, 0.1) is 39.9 Å². The van der Waals surface area contributed by atoms with E-state index in [4.69, 9.17) is 9.05 Å². The zero-order chi connectivity index (χ0) is 47.1. The molecule has 3 unspecified atom stereocenters. The van der Waals surface area contributed by atoms with Crippen LogP contribution in [0, 0.1) is 0 Å². The zero-order valence-corrected chi connectivity index (χ0v) is 43.9. The Morgan fingerprint density at radius 3 is 1.23 bits per heavy atom. The summed E-state index contributed by atoms with van der Waals surface area (Å²) in [5.74, 6) is -0.189. The predicted octanol–water partition coefficient (Wildman–Crippen LogP) is 16.2. The second-order valence-electron chi connectivity index (χ2n) is 19.9. The van der Waals surface area contributed by atoms with Crippen LogP contribution in [-0.4, -0.2) is 73.4 Å². The van der Waals surface area contributed by atoms with E-state index in [9.17, 15) is 19.4 Å². The van der Waals surface area contributed by atoms with Crippen molar-refractivity contribution in [3.8, 4) is 0 Å². The predicted molar refractivity (Wildman–Crippen MR) is 277 cm³/mol. The topological polar surface area (TPSA) is 105 Å². The maximum Gasteiger partial charge on any atom is 0.472 e. The van der Waals surface area contributed by atoms with Crippen molar-refractivity contribution in [3.63, 3.8) is 0 Å². The standard InChI is InChI=1S/C55H107N2O6P/c1-6-8-10-12-14-16-18-19-20-21-22-23-24-25-26-27-28-29-30-31-32-33-34-35-36-37-38-39-41-43-45-47-49-55(59)56-53(52-63-64(60,61)62-51-50-57(3,4)5)54(58)48-46-44-42-40-17-15-13-11-9-7-2/h9,11,17,40,46,48,53-54,58H,6-8,10,12-16,18-39,41-45,47,49-52H2,1-5H3,(H-,56,59,60,61)/p+1/b11-9+,40-17+,48-46+. The molecule has 0 fully saturated rings. The van der Waals surface area contributed by atoms with Gasteiger partial charge in [0.15, 0.2) is 0 Å². The Labute approximate surface area is 397 Å². The summed E-state index contributed by atoms with van der Waals surface area (Å²) in [6.45, 7) is 4.68. The maximum absolute atomic E-state index is 12.9. The normalized spacial score (nSPS) is 14.3. The first-order chi connectivity index (χ1) is 31.0. The van der Waals surface area contributed by atoms with Gasteiger partial charge in [0.25, 0.3) is 0 Å². The van der Waals surface area contributed by atoms with Gasteiger partial charge in [-0.25, -0.2) is 4.57 Å². The molecule has 64 heavy (non-hydrogen) atoms. The lowest BCUT2D eigenvalue weighted by Gasteiger charge is -2.25. The first-order valence-electron chi connectivity index (χ1n) is 27.4. The molecule has 0 spiro atoms. The van der Waals surface area contributed by atoms with Crippen LogP contribution >= 0.6 is 7.82 Å². The number of hydrogen-bond acceptors (Lipinski definition) is 5. The largest absolute Gasteiger partial charge is 0.472 e. The highest BCUT2D eigenvalue weighted by Gasteiger charge is 2.27. The minimum atomic E-state index is -4.35. The van der Waals surface area contributed by atoms with Gasteiger partial charge < -0.3 is 19.8 Å². The van der Waals surface area contributed by atoms with Crippen molar-refractivity contribution in [2.24, 2.45) is 0 Å². The number of nitrogens with one attached hydrogen (secondary N) is 1. The molecule has 0 aromatic rings. The molecule has 0 aromatic carbocycles. The van der Waals surface area contributed by atoms with Crippen LogP contribution < -0.4 is 5.32 Å². The van der Waals surface area contributed by atoms with E-state index >= 15 is 0 Å². The molecule has 0 aromatic heterocycles. The van der Waals surface area contributed by atoms with Crippen LogP contribution in [0.5, 0.6) is 0 Å². The van der Waals surface area contributed by atoms with E-state index in [1.165, 1.54) is 186 Å². The van der Waals surface area contributed by atoms with Gasteiger partial charge in [0, 0.05) is 6.42 Å². The molecule has 0 radical (unpaired) electrons. The van der Waals surface area contributed by atoms with Crippen molar-refractivity contribution in [2.75, 3.05) is 40.9 Å². The molecular formula is C55H108N2O6P+. The van der Waals surface area contributed by atoms with Gasteiger partial charge in [-0.15, -0.1) is 0 Å². The van der Waals surface area contributed by atoms with Crippen LogP contribution in [0.4, 0.5) is 0 Å². The Hall–Kier alpha value is -1.28. The Kier molecular flexibility index (Phi) is 45.9. The van der Waals surface area contributed by atoms with Crippen LogP contribution in [0.3, 0.4) is 0 Å². The summed E-state index contributed by atoms with van der Waals surface area (Å²) in [6.07, 6.45) is 60.0. The second-order valence-corrected chi connectivity index (χ2v) is 21.4. The number of phosphoric acid groups is 1. The third kappa shape index (κ3) is 48.6. The highest BCUT2D eigenvalue weighted by Crippen LogP contribution is 2.43. The van der Waals surface area contributed by atoms with E-state index < -0.39 is 20.0 Å². The number of amides is 1. The number of nitrogens with zero attached hydrogens (tertiary/aromatic N) is 1. The zero-order valence-electron chi connectivity index (χ0n) is 43.0. The summed E-state index contributed by atoms with van der Waals surface area (Å²) < 4.78 is 23.5. The second kappa shape index (κ2) is 46.8. The van der Waals surface area contributed by atoms with Crippen molar-refractivity contribution >= 4 is 13.7 Å². The van der Waals surface area contributed by atoms with Gasteiger partial charge in [-0.3, -0.25) is 13.8 Å². The number of aliphatic hydroxyl groups excluding tert-OH is 1. The van der Waals surface area contributed by atoms with Crippen LogP contribution in [0.2, 0.25) is 0 Å². The number of likely N-dealkylation sites (N-methyl/N-ethyl adjacent to an activating group) is 1. The van der Waals surface area contributed by atoms with Gasteiger partial charge in [-0.1, -0.05) is 249 Å². The SMILES string of the molecule is CC/C=C/CC/C=C/CC/C=C/C(O)C(COP(=O)(O)OCC[N+](C)(C)C)NC(=O)CCCCCCCCCCCCCCCCCCCCCCCCCCCCCCCCCC. The number of carbonyl (C=O) groups excluding carboxylic acids is 1. The van der Waals surface area contributed by atoms with E-state index in [0.29, 0.717) is 17.4 Å². The molecule has 3 atom stereocenters. The summed E-state index contributed by atoms with van der Waals surface area (Å²) in [7, 11) is 1.55. The summed E-state index contributed by atoms with van der Waals surface area (Å²) in [6, 6.07) is -0.865. The lowest BCUT2D eigenvalue weighted by Crippen LogP contribution is -2.45. The molecule has 8 nitrogen and oxygen atoms in total. The van der Waals surface area contributed by atoms with Gasteiger partial charge in [-0.2, -0.15) is 0 Å². The minimum Gasteiger partial charge on any atom is -0.387 e. The third-order valence-electron chi connectivity index (χ3n) is 12.4. The van der Waals surface area contributed by atoms with Crippen molar-refractivity contribution in [3.05, 3.63) is 36.5 Å². The van der Waals surface area contributed by atoms with Crippen LogP contribution in [0.1, 0.15) is 258 Å². The van der Waals surface area contributed by atoms with Gasteiger partial charge in [0.2, 0.25) is 5.91 Å². The number of unbranched alkanes of at least 4 members (excludes halogenated alkanes) is 33. The molecule has 0 bridgehead atoms. The summed E-state index contributed by atoms with van der Waals surface area (Å²) in [5, 5.41) is 13.8. The van der Waals surface area contributed by atoms with Crippen LogP contribution in [0.15, 0.2) is 36.5 Å². The molecule has 0 aliphatic heterocycles. The van der Waals surface area contributed by atoms with Crippen molar-refractivity contribution in [1.29, 1.82) is 0 Å². The lowest BCUT2D eigenvalue weighted by atomic mass is 10.0. The van der Waals surface area contributed by atoms with Crippen molar-refractivity contribution < 1.29 is 32.9 Å². The number of allylic oxidation sites excluding steroid dienone is 5. The summed E-state index contributed by atoms with van der Waals surface area (Å²) in [5.41, 5.74) is 0. The van der Waals surface area contributed by atoms with E-state index in [2.05, 4.69) is 43.5 Å². The lowest BCUT2D eigenvalue weighted by molar-refractivity contribution is -0.870. The molecule has 0 heterocycles. The number of rotatable bonds is 50. The Bertz CT molecular complexity index is 1140. The number of aliphatic hydroxyl groups is 1. The van der Waals surface area contributed by atoms with Crippen molar-refractivity contribution in [2.45, 2.75) is 270 Å².